The number of amides is 1. The summed E-state index contributed by atoms with van der Waals surface area (Å²) in [5, 5.41) is 4.34. The van der Waals surface area contributed by atoms with Crippen molar-refractivity contribution in [2.24, 2.45) is 5.73 Å². The average molecular weight is 292 g/mol. The van der Waals surface area contributed by atoms with E-state index in [0.29, 0.717) is 0 Å². The Kier molecular flexibility index (Phi) is 4.53. The Hall–Kier alpha value is -2.01. The SMILES string of the molecule is CC(C(=O)NCC(F)(F)CN)c1ccc2ccccc2c1. The van der Waals surface area contributed by atoms with Crippen molar-refractivity contribution in [1.29, 1.82) is 0 Å². The van der Waals surface area contributed by atoms with E-state index >= 15 is 0 Å². The molecule has 0 fully saturated rings. The predicted molar refractivity (Wildman–Crippen MR) is 79.4 cm³/mol. The lowest BCUT2D eigenvalue weighted by atomic mass is 9.97. The van der Waals surface area contributed by atoms with E-state index in [1.165, 1.54) is 0 Å². The third-order valence-corrected chi connectivity index (χ3v) is 3.49. The van der Waals surface area contributed by atoms with E-state index in [1.807, 2.05) is 42.5 Å². The first-order chi connectivity index (χ1) is 9.93. The molecule has 2 aromatic rings. The van der Waals surface area contributed by atoms with Crippen LogP contribution in [-0.4, -0.2) is 24.9 Å². The molecule has 5 heteroatoms. The van der Waals surface area contributed by atoms with Gasteiger partial charge >= 0.3 is 0 Å². The number of hydrogen-bond acceptors (Lipinski definition) is 2. The van der Waals surface area contributed by atoms with Crippen molar-refractivity contribution in [2.45, 2.75) is 18.8 Å². The van der Waals surface area contributed by atoms with E-state index in [0.717, 1.165) is 16.3 Å². The highest BCUT2D eigenvalue weighted by Crippen LogP contribution is 2.22. The smallest absolute Gasteiger partial charge is 0.277 e. The summed E-state index contributed by atoms with van der Waals surface area (Å²) < 4.78 is 26.1. The van der Waals surface area contributed by atoms with E-state index in [-0.39, 0.29) is 0 Å². The van der Waals surface area contributed by atoms with Crippen molar-refractivity contribution in [3.8, 4) is 0 Å². The van der Waals surface area contributed by atoms with Crippen LogP contribution in [0.5, 0.6) is 0 Å². The summed E-state index contributed by atoms with van der Waals surface area (Å²) in [5.74, 6) is -4.00. The standard InChI is InChI=1S/C16H18F2N2O/c1-11(15(21)20-10-16(17,18)9-19)13-7-6-12-4-2-3-5-14(12)8-13/h2-8,11H,9-10,19H2,1H3,(H,20,21). The van der Waals surface area contributed by atoms with Gasteiger partial charge in [0.15, 0.2) is 0 Å². The highest BCUT2D eigenvalue weighted by atomic mass is 19.3. The molecule has 2 aromatic carbocycles. The van der Waals surface area contributed by atoms with E-state index in [4.69, 9.17) is 5.73 Å². The fraction of sp³-hybridized carbons (Fsp3) is 0.312. The van der Waals surface area contributed by atoms with Gasteiger partial charge < -0.3 is 11.1 Å². The quantitative estimate of drug-likeness (QED) is 0.890. The zero-order valence-corrected chi connectivity index (χ0v) is 11.8. The van der Waals surface area contributed by atoms with Crippen LogP contribution in [0.3, 0.4) is 0 Å². The fourth-order valence-corrected chi connectivity index (χ4v) is 2.07. The number of alkyl halides is 2. The molecule has 1 unspecified atom stereocenters. The number of carbonyl (C=O) groups excluding carboxylic acids is 1. The Morgan fingerprint density at radius 1 is 1.24 bits per heavy atom. The number of carbonyl (C=O) groups is 1. The minimum atomic E-state index is -3.07. The molecule has 0 aliphatic carbocycles. The summed E-state index contributed by atoms with van der Waals surface area (Å²) in [5.41, 5.74) is 5.73. The highest BCUT2D eigenvalue weighted by molar-refractivity contribution is 5.87. The summed E-state index contributed by atoms with van der Waals surface area (Å²) >= 11 is 0. The van der Waals surface area contributed by atoms with Gasteiger partial charge in [0.25, 0.3) is 5.92 Å². The first kappa shape index (κ1) is 15.4. The summed E-state index contributed by atoms with van der Waals surface area (Å²) in [7, 11) is 0. The Balaban J connectivity index is 2.10. The van der Waals surface area contributed by atoms with Crippen molar-refractivity contribution in [2.75, 3.05) is 13.1 Å². The maximum atomic E-state index is 13.0. The molecule has 0 saturated carbocycles. The second-order valence-electron chi connectivity index (χ2n) is 5.11. The van der Waals surface area contributed by atoms with Crippen LogP contribution >= 0.6 is 0 Å². The first-order valence-corrected chi connectivity index (χ1v) is 6.77. The van der Waals surface area contributed by atoms with Gasteiger partial charge in [-0.3, -0.25) is 4.79 Å². The minimum absolute atomic E-state index is 0.432. The first-order valence-electron chi connectivity index (χ1n) is 6.77. The van der Waals surface area contributed by atoms with Gasteiger partial charge in [-0.15, -0.1) is 0 Å². The summed E-state index contributed by atoms with van der Waals surface area (Å²) in [6.07, 6.45) is 0. The molecule has 1 atom stereocenters. The second kappa shape index (κ2) is 6.18. The van der Waals surface area contributed by atoms with Crippen LogP contribution in [0.15, 0.2) is 42.5 Å². The normalized spacial score (nSPS) is 13.1. The van der Waals surface area contributed by atoms with Crippen LogP contribution in [0.25, 0.3) is 10.8 Å². The van der Waals surface area contributed by atoms with Gasteiger partial charge in [0, 0.05) is 0 Å². The van der Waals surface area contributed by atoms with E-state index < -0.39 is 30.8 Å². The van der Waals surface area contributed by atoms with Crippen molar-refractivity contribution in [3.05, 3.63) is 48.0 Å². The Labute approximate surface area is 122 Å². The highest BCUT2D eigenvalue weighted by Gasteiger charge is 2.28. The maximum Gasteiger partial charge on any atom is 0.277 e. The number of rotatable bonds is 5. The molecular weight excluding hydrogens is 274 g/mol. The molecule has 0 aliphatic heterocycles. The van der Waals surface area contributed by atoms with Gasteiger partial charge in [-0.2, -0.15) is 0 Å². The molecule has 1 amide bonds. The molecule has 0 radical (unpaired) electrons. The van der Waals surface area contributed by atoms with E-state index in [9.17, 15) is 13.6 Å². The largest absolute Gasteiger partial charge is 0.349 e. The van der Waals surface area contributed by atoms with Gasteiger partial charge in [0.05, 0.1) is 19.0 Å². The molecule has 3 N–H and O–H groups in total. The summed E-state index contributed by atoms with van der Waals surface area (Å²) in [6.45, 7) is 0.178. The van der Waals surface area contributed by atoms with Crippen molar-refractivity contribution in [3.63, 3.8) is 0 Å². The Morgan fingerprint density at radius 3 is 2.57 bits per heavy atom. The number of fused-ring (bicyclic) bond motifs is 1. The number of hydrogen-bond donors (Lipinski definition) is 2. The molecular formula is C16H18F2N2O. The van der Waals surface area contributed by atoms with Crippen molar-refractivity contribution < 1.29 is 13.6 Å². The van der Waals surface area contributed by atoms with Gasteiger partial charge in [-0.25, -0.2) is 8.78 Å². The minimum Gasteiger partial charge on any atom is -0.349 e. The summed E-state index contributed by atoms with van der Waals surface area (Å²) in [4.78, 5) is 12.0. The van der Waals surface area contributed by atoms with Crippen molar-refractivity contribution in [1.82, 2.24) is 5.32 Å². The van der Waals surface area contributed by atoms with Crippen LogP contribution in [0.1, 0.15) is 18.4 Å². The van der Waals surface area contributed by atoms with E-state index in [2.05, 4.69) is 5.32 Å². The van der Waals surface area contributed by atoms with Gasteiger partial charge in [-0.1, -0.05) is 42.5 Å². The molecule has 3 nitrogen and oxygen atoms in total. The number of halogens is 2. The lowest BCUT2D eigenvalue weighted by molar-refractivity contribution is -0.124. The molecule has 0 bridgehead atoms. The Morgan fingerprint density at radius 2 is 1.90 bits per heavy atom. The monoisotopic (exact) mass is 292 g/mol. The fourth-order valence-electron chi connectivity index (χ4n) is 2.07. The second-order valence-corrected chi connectivity index (χ2v) is 5.11. The topological polar surface area (TPSA) is 55.1 Å². The molecule has 2 rings (SSSR count). The van der Waals surface area contributed by atoms with Gasteiger partial charge in [0.1, 0.15) is 0 Å². The zero-order valence-electron chi connectivity index (χ0n) is 11.8. The Bertz CT molecular complexity index is 643. The zero-order chi connectivity index (χ0) is 15.5. The molecule has 0 aromatic heterocycles. The van der Waals surface area contributed by atoms with E-state index in [1.54, 1.807) is 6.92 Å². The van der Waals surface area contributed by atoms with Crippen LogP contribution < -0.4 is 11.1 Å². The molecule has 0 aliphatic rings. The number of benzene rings is 2. The molecule has 0 heterocycles. The average Bonchev–Trinajstić information content (AvgIpc) is 2.51. The number of nitrogens with two attached hydrogens (primary N) is 1. The predicted octanol–water partition coefficient (Wildman–Crippen LogP) is 2.65. The molecule has 21 heavy (non-hydrogen) atoms. The molecule has 112 valence electrons. The van der Waals surface area contributed by atoms with Crippen LogP contribution in [0, 0.1) is 0 Å². The van der Waals surface area contributed by atoms with Gasteiger partial charge in [-0.05, 0) is 23.3 Å². The summed E-state index contributed by atoms with van der Waals surface area (Å²) in [6, 6.07) is 13.4. The van der Waals surface area contributed by atoms with Crippen LogP contribution in [0.4, 0.5) is 8.78 Å². The third kappa shape index (κ3) is 3.76. The molecule has 0 spiro atoms. The lowest BCUT2D eigenvalue weighted by Gasteiger charge is -2.17. The van der Waals surface area contributed by atoms with Crippen LogP contribution in [0.2, 0.25) is 0 Å². The lowest BCUT2D eigenvalue weighted by Crippen LogP contribution is -2.42. The number of nitrogens with one attached hydrogen (secondary N) is 1. The molecule has 0 saturated heterocycles. The third-order valence-electron chi connectivity index (χ3n) is 3.49. The van der Waals surface area contributed by atoms with Crippen LogP contribution in [-0.2, 0) is 4.79 Å². The maximum absolute atomic E-state index is 13.0. The van der Waals surface area contributed by atoms with Crippen molar-refractivity contribution >= 4 is 16.7 Å². The van der Waals surface area contributed by atoms with Gasteiger partial charge in [0.2, 0.25) is 5.91 Å².